The van der Waals surface area contributed by atoms with Crippen LogP contribution in [-0.2, 0) is 0 Å². The predicted octanol–water partition coefficient (Wildman–Crippen LogP) is 3.16. The molecule has 104 valence electrons. The van der Waals surface area contributed by atoms with Crippen molar-refractivity contribution in [2.24, 2.45) is 5.41 Å². The Labute approximate surface area is 118 Å². The van der Waals surface area contributed by atoms with Crippen LogP contribution in [0.15, 0.2) is 11.4 Å². The van der Waals surface area contributed by atoms with E-state index in [0.717, 1.165) is 0 Å². The highest BCUT2D eigenvalue weighted by Crippen LogP contribution is 2.27. The van der Waals surface area contributed by atoms with Crippen LogP contribution in [0.3, 0.4) is 0 Å². The van der Waals surface area contributed by atoms with Gasteiger partial charge in [-0.05, 0) is 16.9 Å². The van der Waals surface area contributed by atoms with E-state index in [2.05, 4.69) is 26.8 Å². The molecule has 0 N–H and O–H groups in total. The van der Waals surface area contributed by atoms with Crippen LogP contribution in [0, 0.1) is 16.7 Å². The molecule has 0 bridgehead atoms. The van der Waals surface area contributed by atoms with E-state index in [-0.39, 0.29) is 11.3 Å². The summed E-state index contributed by atoms with van der Waals surface area (Å²) in [5.74, 6) is 0.544. The van der Waals surface area contributed by atoms with Crippen LogP contribution in [0.25, 0.3) is 0 Å². The molecular formula is C14H20N2O2S. The van der Waals surface area contributed by atoms with Crippen molar-refractivity contribution in [1.82, 2.24) is 4.90 Å². The minimum Gasteiger partial charge on any atom is -0.495 e. The van der Waals surface area contributed by atoms with Crippen molar-refractivity contribution in [3.05, 3.63) is 16.3 Å². The van der Waals surface area contributed by atoms with E-state index in [1.165, 1.54) is 11.3 Å². The number of ether oxygens (including phenoxy) is 1. The standard InChI is InChI=1S/C14H20N2O2S/c1-14(2,3)10-16(8-5-7-15)13(17)12-11(18-4)6-9-19-12/h6,9H,5,8,10H2,1-4H3. The zero-order chi connectivity index (χ0) is 14.5. The first-order valence-electron chi connectivity index (χ1n) is 6.17. The lowest BCUT2D eigenvalue weighted by molar-refractivity contribution is 0.0702. The van der Waals surface area contributed by atoms with Gasteiger partial charge in [0.25, 0.3) is 5.91 Å². The summed E-state index contributed by atoms with van der Waals surface area (Å²) < 4.78 is 5.19. The number of carbonyl (C=O) groups is 1. The summed E-state index contributed by atoms with van der Waals surface area (Å²) in [6.45, 7) is 7.30. The van der Waals surface area contributed by atoms with Crippen LogP contribution in [0.2, 0.25) is 0 Å². The fraction of sp³-hybridized carbons (Fsp3) is 0.571. The van der Waals surface area contributed by atoms with Crippen LogP contribution in [0.4, 0.5) is 0 Å². The van der Waals surface area contributed by atoms with Gasteiger partial charge in [0, 0.05) is 13.1 Å². The predicted molar refractivity (Wildman–Crippen MR) is 76.5 cm³/mol. The van der Waals surface area contributed by atoms with Gasteiger partial charge >= 0.3 is 0 Å². The largest absolute Gasteiger partial charge is 0.495 e. The molecule has 1 aromatic rings. The van der Waals surface area contributed by atoms with E-state index in [9.17, 15) is 4.79 Å². The van der Waals surface area contributed by atoms with E-state index in [0.29, 0.717) is 30.1 Å². The molecule has 1 amide bonds. The van der Waals surface area contributed by atoms with Gasteiger partial charge in [-0.25, -0.2) is 0 Å². The number of nitriles is 1. The summed E-state index contributed by atoms with van der Waals surface area (Å²) in [7, 11) is 1.56. The first-order chi connectivity index (χ1) is 8.89. The molecule has 1 rings (SSSR count). The number of carbonyl (C=O) groups excluding carboxylic acids is 1. The molecule has 0 aliphatic heterocycles. The number of methoxy groups -OCH3 is 1. The van der Waals surface area contributed by atoms with Crippen molar-refractivity contribution in [3.63, 3.8) is 0 Å². The maximum Gasteiger partial charge on any atom is 0.267 e. The smallest absolute Gasteiger partial charge is 0.267 e. The first kappa shape index (κ1) is 15.5. The van der Waals surface area contributed by atoms with Crippen molar-refractivity contribution in [3.8, 4) is 11.8 Å². The summed E-state index contributed by atoms with van der Waals surface area (Å²) in [6.07, 6.45) is 0.343. The Hall–Kier alpha value is -1.54. The Morgan fingerprint density at radius 2 is 2.21 bits per heavy atom. The van der Waals surface area contributed by atoms with E-state index < -0.39 is 0 Å². The summed E-state index contributed by atoms with van der Waals surface area (Å²) >= 11 is 1.37. The molecule has 0 radical (unpaired) electrons. The number of hydrogen-bond acceptors (Lipinski definition) is 4. The van der Waals surface area contributed by atoms with Crippen LogP contribution in [0.1, 0.15) is 36.9 Å². The van der Waals surface area contributed by atoms with Gasteiger partial charge in [0.15, 0.2) is 0 Å². The highest BCUT2D eigenvalue weighted by atomic mass is 32.1. The monoisotopic (exact) mass is 280 g/mol. The first-order valence-corrected chi connectivity index (χ1v) is 7.04. The van der Waals surface area contributed by atoms with Gasteiger partial charge in [0.2, 0.25) is 0 Å². The van der Waals surface area contributed by atoms with Crippen molar-refractivity contribution < 1.29 is 9.53 Å². The molecule has 19 heavy (non-hydrogen) atoms. The lowest BCUT2D eigenvalue weighted by atomic mass is 9.96. The van der Waals surface area contributed by atoms with Crippen molar-refractivity contribution >= 4 is 17.2 Å². The molecule has 0 aliphatic carbocycles. The molecule has 1 aromatic heterocycles. The van der Waals surface area contributed by atoms with Crippen LogP contribution in [-0.4, -0.2) is 31.0 Å². The van der Waals surface area contributed by atoms with Gasteiger partial charge in [-0.2, -0.15) is 5.26 Å². The third kappa shape index (κ3) is 4.56. The molecule has 0 spiro atoms. The second kappa shape index (κ2) is 6.58. The SMILES string of the molecule is COc1ccsc1C(=O)N(CCC#N)CC(C)(C)C. The van der Waals surface area contributed by atoms with Crippen LogP contribution < -0.4 is 4.74 Å². The number of thiophene rings is 1. The quantitative estimate of drug-likeness (QED) is 0.832. The summed E-state index contributed by atoms with van der Waals surface area (Å²) in [5.41, 5.74) is -0.00435. The van der Waals surface area contributed by atoms with Crippen molar-refractivity contribution in [1.29, 1.82) is 5.26 Å². The molecule has 0 saturated carbocycles. The van der Waals surface area contributed by atoms with E-state index >= 15 is 0 Å². The molecule has 5 heteroatoms. The number of amides is 1. The Morgan fingerprint density at radius 3 is 2.74 bits per heavy atom. The molecule has 0 aromatic carbocycles. The molecule has 4 nitrogen and oxygen atoms in total. The molecule has 0 saturated heterocycles. The molecule has 0 unspecified atom stereocenters. The topological polar surface area (TPSA) is 53.3 Å². The molecular weight excluding hydrogens is 260 g/mol. The molecule has 0 fully saturated rings. The number of hydrogen-bond donors (Lipinski definition) is 0. The van der Waals surface area contributed by atoms with Gasteiger partial charge in [-0.3, -0.25) is 4.79 Å². The second-order valence-electron chi connectivity index (χ2n) is 5.51. The van der Waals surface area contributed by atoms with E-state index in [1.54, 1.807) is 18.1 Å². The van der Waals surface area contributed by atoms with Crippen LogP contribution >= 0.6 is 11.3 Å². The summed E-state index contributed by atoms with van der Waals surface area (Å²) in [4.78, 5) is 14.9. The molecule has 1 heterocycles. The van der Waals surface area contributed by atoms with Gasteiger partial charge in [-0.15, -0.1) is 11.3 Å². The third-order valence-corrected chi connectivity index (χ3v) is 3.37. The Balaban J connectivity index is 2.91. The zero-order valence-electron chi connectivity index (χ0n) is 11.9. The normalized spacial score (nSPS) is 10.9. The van der Waals surface area contributed by atoms with Gasteiger partial charge < -0.3 is 9.64 Å². The average Bonchev–Trinajstić information content (AvgIpc) is 2.80. The lowest BCUT2D eigenvalue weighted by Crippen LogP contribution is -2.38. The fourth-order valence-corrected chi connectivity index (χ4v) is 2.59. The second-order valence-corrected chi connectivity index (χ2v) is 6.43. The highest BCUT2D eigenvalue weighted by Gasteiger charge is 2.24. The number of rotatable bonds is 5. The Morgan fingerprint density at radius 1 is 1.53 bits per heavy atom. The third-order valence-electron chi connectivity index (χ3n) is 2.49. The zero-order valence-corrected chi connectivity index (χ0v) is 12.7. The van der Waals surface area contributed by atoms with Crippen molar-refractivity contribution in [2.45, 2.75) is 27.2 Å². The molecule has 0 atom stereocenters. The van der Waals surface area contributed by atoms with Gasteiger partial charge in [-0.1, -0.05) is 20.8 Å². The van der Waals surface area contributed by atoms with Crippen molar-refractivity contribution in [2.75, 3.05) is 20.2 Å². The maximum atomic E-state index is 12.5. The van der Waals surface area contributed by atoms with Crippen LogP contribution in [0.5, 0.6) is 5.75 Å². The van der Waals surface area contributed by atoms with Gasteiger partial charge in [0.05, 0.1) is 19.6 Å². The fourth-order valence-electron chi connectivity index (χ4n) is 1.77. The van der Waals surface area contributed by atoms with E-state index in [1.807, 2.05) is 5.38 Å². The maximum absolute atomic E-state index is 12.5. The molecule has 0 aliphatic rings. The van der Waals surface area contributed by atoms with Gasteiger partial charge in [0.1, 0.15) is 10.6 Å². The minimum absolute atomic E-state index is 0.00435. The Kier molecular flexibility index (Phi) is 5.37. The Bertz CT molecular complexity index is 469. The number of nitrogens with zero attached hydrogens (tertiary/aromatic N) is 2. The summed E-state index contributed by atoms with van der Waals surface area (Å²) in [5, 5.41) is 10.6. The lowest BCUT2D eigenvalue weighted by Gasteiger charge is -2.29. The highest BCUT2D eigenvalue weighted by molar-refractivity contribution is 7.12. The average molecular weight is 280 g/mol. The van der Waals surface area contributed by atoms with E-state index in [4.69, 9.17) is 10.00 Å². The summed E-state index contributed by atoms with van der Waals surface area (Å²) in [6, 6.07) is 3.88. The minimum atomic E-state index is -0.0583.